The molecule has 6 heteroatoms. The maximum absolute atomic E-state index is 6.87. The third-order valence-corrected chi connectivity index (χ3v) is 15.5. The van der Waals surface area contributed by atoms with Crippen LogP contribution in [0.5, 0.6) is 11.5 Å². The number of pyridine rings is 1. The van der Waals surface area contributed by atoms with Gasteiger partial charge in [0.1, 0.15) is 5.82 Å². The van der Waals surface area contributed by atoms with Crippen molar-refractivity contribution < 1.29 is 25.8 Å². The number of hydrogen-bond acceptors (Lipinski definition) is 4. The molecule has 0 bridgehead atoms. The number of anilines is 4. The number of rotatable bonds is 7. The van der Waals surface area contributed by atoms with Crippen molar-refractivity contribution in [1.29, 1.82) is 0 Å². The number of ether oxygens (including phenoxy) is 1. The van der Waals surface area contributed by atoms with Crippen molar-refractivity contribution in [2.45, 2.75) is 157 Å². The molecule has 1 aliphatic rings. The number of aromatic nitrogens is 2. The molecule has 0 saturated carbocycles. The summed E-state index contributed by atoms with van der Waals surface area (Å²) in [5.41, 5.74) is 18.5. The molecule has 2 aromatic heterocycles. The second-order valence-electron chi connectivity index (χ2n) is 27.7. The number of fused-ring (bicyclic) bond motifs is 4. The number of benzene rings is 7. The van der Waals surface area contributed by atoms with Gasteiger partial charge in [-0.25, -0.2) is 4.98 Å². The molecule has 0 radical (unpaired) electrons. The number of para-hydroxylation sites is 1. The van der Waals surface area contributed by atoms with Crippen molar-refractivity contribution in [3.05, 3.63) is 198 Å². The summed E-state index contributed by atoms with van der Waals surface area (Å²) in [5.74, 6) is 2.03. The molecule has 0 aliphatic carbocycles. The summed E-state index contributed by atoms with van der Waals surface area (Å²) < 4.78 is 9.12. The Labute approximate surface area is 481 Å². The molecule has 0 unspecified atom stereocenters. The van der Waals surface area contributed by atoms with Crippen LogP contribution in [0.15, 0.2) is 146 Å². The van der Waals surface area contributed by atoms with Crippen molar-refractivity contribution in [1.82, 2.24) is 9.55 Å². The number of hydrogen-bond donors (Lipinski definition) is 0. The summed E-state index contributed by atoms with van der Waals surface area (Å²) in [6.07, 6.45) is 1.93. The monoisotopic (exact) mass is 1210 g/mol. The molecule has 0 saturated heterocycles. The first kappa shape index (κ1) is 56.3. The van der Waals surface area contributed by atoms with Gasteiger partial charge in [0, 0.05) is 66.9 Å². The smallest absolute Gasteiger partial charge is 0.135 e. The SMILES string of the molecule is CC(C)(C)c1ccc(-c2cccc3c2N(c2cc(C(C)(C)C)cc(C(C)(C)C)c2)[CH-]N3c2[c-]c(Oc3[c-]c4c(cc3)c3cc(-c5cc(C(C)(C)C)cc(C(C)(C)C)c5)ccc3n4-c3cc(C(C)(C)C)ccn3)ccc2)cc1.[Pt]. The van der Waals surface area contributed by atoms with Gasteiger partial charge in [0.05, 0.1) is 0 Å². The Kier molecular flexibility index (Phi) is 14.5. The molecule has 10 rings (SSSR count). The fraction of sp³-hybridized carbons (Fsp3) is 0.333. The van der Waals surface area contributed by atoms with Gasteiger partial charge in [-0.1, -0.05) is 203 Å². The average Bonchev–Trinajstić information content (AvgIpc) is 4.16. The van der Waals surface area contributed by atoms with E-state index in [9.17, 15) is 0 Å². The van der Waals surface area contributed by atoms with Gasteiger partial charge in [-0.2, -0.15) is 12.1 Å². The second-order valence-corrected chi connectivity index (χ2v) is 27.7. The van der Waals surface area contributed by atoms with Gasteiger partial charge in [0.25, 0.3) is 0 Å². The maximum atomic E-state index is 6.87. The van der Waals surface area contributed by atoms with Crippen LogP contribution in [0.4, 0.5) is 22.7 Å². The maximum Gasteiger partial charge on any atom is 0.135 e. The van der Waals surface area contributed by atoms with Crippen LogP contribution < -0.4 is 14.5 Å². The topological polar surface area (TPSA) is 33.5 Å². The van der Waals surface area contributed by atoms with E-state index in [0.717, 1.165) is 55.9 Å². The minimum atomic E-state index is -0.0687. The van der Waals surface area contributed by atoms with Crippen molar-refractivity contribution >= 4 is 44.6 Å². The van der Waals surface area contributed by atoms with E-state index in [0.29, 0.717) is 11.5 Å². The van der Waals surface area contributed by atoms with E-state index in [1.54, 1.807) is 0 Å². The van der Waals surface area contributed by atoms with E-state index in [-0.39, 0.29) is 53.6 Å². The molecule has 406 valence electrons. The summed E-state index contributed by atoms with van der Waals surface area (Å²) in [4.78, 5) is 9.66. The van der Waals surface area contributed by atoms with Gasteiger partial charge in [-0.3, -0.25) is 0 Å². The van der Waals surface area contributed by atoms with E-state index in [1.807, 2.05) is 18.3 Å². The van der Waals surface area contributed by atoms with Crippen molar-refractivity contribution in [2.24, 2.45) is 0 Å². The zero-order valence-electron chi connectivity index (χ0n) is 49.4. The molecule has 5 nitrogen and oxygen atoms in total. The zero-order valence-corrected chi connectivity index (χ0v) is 51.7. The minimum absolute atomic E-state index is 0. The van der Waals surface area contributed by atoms with E-state index in [4.69, 9.17) is 9.72 Å². The van der Waals surface area contributed by atoms with E-state index in [2.05, 4.69) is 285 Å². The van der Waals surface area contributed by atoms with Crippen LogP contribution in [0.2, 0.25) is 0 Å². The van der Waals surface area contributed by atoms with Crippen LogP contribution in [0, 0.1) is 18.8 Å². The van der Waals surface area contributed by atoms with Gasteiger partial charge >= 0.3 is 0 Å². The Bertz CT molecular complexity index is 3640. The molecule has 78 heavy (non-hydrogen) atoms. The predicted molar refractivity (Wildman–Crippen MR) is 327 cm³/mol. The molecule has 0 fully saturated rings. The summed E-state index contributed by atoms with van der Waals surface area (Å²) in [6.45, 7) is 43.4. The van der Waals surface area contributed by atoms with Crippen LogP contribution in [0.25, 0.3) is 49.9 Å². The van der Waals surface area contributed by atoms with Gasteiger partial charge < -0.3 is 19.1 Å². The van der Waals surface area contributed by atoms with Crippen LogP contribution in [0.1, 0.15) is 158 Å². The first-order chi connectivity index (χ1) is 35.9. The van der Waals surface area contributed by atoms with Crippen molar-refractivity contribution in [3.63, 3.8) is 0 Å². The van der Waals surface area contributed by atoms with Gasteiger partial charge in [-0.05, 0) is 124 Å². The van der Waals surface area contributed by atoms with Crippen LogP contribution in [-0.2, 0) is 53.6 Å². The summed E-state index contributed by atoms with van der Waals surface area (Å²) in [5, 5.41) is 2.21. The molecule has 7 aromatic carbocycles. The van der Waals surface area contributed by atoms with E-state index < -0.39 is 0 Å². The molecular formula is C72H79N4OPt-3. The van der Waals surface area contributed by atoms with Crippen LogP contribution >= 0.6 is 0 Å². The third-order valence-electron chi connectivity index (χ3n) is 15.5. The predicted octanol–water partition coefficient (Wildman–Crippen LogP) is 20.1. The third kappa shape index (κ3) is 11.1. The number of nitrogens with zero attached hydrogens (tertiary/aromatic N) is 4. The van der Waals surface area contributed by atoms with Gasteiger partial charge in [-0.15, -0.1) is 48.1 Å². The quantitative estimate of drug-likeness (QED) is 0.149. The van der Waals surface area contributed by atoms with Gasteiger partial charge in [0.15, 0.2) is 0 Å². The Hall–Kier alpha value is -6.42. The van der Waals surface area contributed by atoms with Gasteiger partial charge in [0.2, 0.25) is 0 Å². The van der Waals surface area contributed by atoms with E-state index in [1.165, 1.54) is 50.1 Å². The Morgan fingerprint density at radius 3 is 1.58 bits per heavy atom. The summed E-state index contributed by atoms with van der Waals surface area (Å²) in [6, 6.07) is 59.1. The summed E-state index contributed by atoms with van der Waals surface area (Å²) in [7, 11) is 0. The normalized spacial score (nSPS) is 13.6. The zero-order chi connectivity index (χ0) is 55.4. The second kappa shape index (κ2) is 20.0. The average molecular weight is 1210 g/mol. The fourth-order valence-electron chi connectivity index (χ4n) is 10.4. The molecule has 9 aromatic rings. The summed E-state index contributed by atoms with van der Waals surface area (Å²) >= 11 is 0. The standard InChI is InChI=1S/C72H79N4O.Pt/c1-67(2,3)49-28-25-46(26-29-49)59-23-20-24-63-66(59)75(56-40-53(71(13,14)15)39-54(41-56)72(16,17)18)45-74(63)55-21-19-22-57(43-55)77-58-30-31-60-61-37-47(48-35-51(69(7,8)9)38-52(36-48)70(10,11)12)27-32-62(61)76(64(60)44-58)65-42-50(33-34-73-65)68(4,5)6;/h19-42,45H,1-18H3;/q-3;. The van der Waals surface area contributed by atoms with Crippen molar-refractivity contribution in [2.75, 3.05) is 9.80 Å². The molecule has 0 spiro atoms. The van der Waals surface area contributed by atoms with Crippen LogP contribution in [-0.4, -0.2) is 9.55 Å². The van der Waals surface area contributed by atoms with Crippen molar-refractivity contribution in [3.8, 4) is 39.6 Å². The Morgan fingerprint density at radius 2 is 0.987 bits per heavy atom. The Balaban J connectivity index is 0.00000740. The largest absolute Gasteiger partial charge is 0.509 e. The van der Waals surface area contributed by atoms with E-state index >= 15 is 0 Å². The first-order valence-corrected chi connectivity index (χ1v) is 27.6. The molecule has 0 amide bonds. The molecule has 3 heterocycles. The molecule has 0 atom stereocenters. The molecule has 1 aliphatic heterocycles. The first-order valence-electron chi connectivity index (χ1n) is 27.6. The molecule has 0 N–H and O–H groups in total. The fourth-order valence-corrected chi connectivity index (χ4v) is 10.4. The Morgan fingerprint density at radius 1 is 0.436 bits per heavy atom. The van der Waals surface area contributed by atoms with Crippen LogP contribution in [0.3, 0.4) is 0 Å². The minimum Gasteiger partial charge on any atom is -0.509 e. The molecular weight excluding hydrogens is 1130 g/mol.